The van der Waals surface area contributed by atoms with Crippen molar-refractivity contribution in [3.05, 3.63) is 29.8 Å². The van der Waals surface area contributed by atoms with Crippen molar-refractivity contribution in [1.29, 1.82) is 0 Å². The molecule has 0 aromatic heterocycles. The normalized spacial score (nSPS) is 26.4. The van der Waals surface area contributed by atoms with Crippen molar-refractivity contribution in [3.8, 4) is 5.75 Å². The predicted octanol–water partition coefficient (Wildman–Crippen LogP) is 4.11. The van der Waals surface area contributed by atoms with E-state index in [1.54, 1.807) is 0 Å². The van der Waals surface area contributed by atoms with Crippen LogP contribution in [0, 0.1) is 5.92 Å². The standard InChI is InChI=1S/C18H27NO/c1-2-20-18-10-6-5-9-17(18)16-8-4-3-7-14(16)13-19-15-11-12-15/h5-6,9-10,14-16,19H,2-4,7-8,11-13H2,1H3. The average molecular weight is 273 g/mol. The van der Waals surface area contributed by atoms with Crippen LogP contribution in [0.5, 0.6) is 5.75 Å². The molecule has 2 heteroatoms. The van der Waals surface area contributed by atoms with Gasteiger partial charge in [0.05, 0.1) is 6.61 Å². The van der Waals surface area contributed by atoms with Gasteiger partial charge in [-0.1, -0.05) is 31.0 Å². The lowest BCUT2D eigenvalue weighted by Crippen LogP contribution is -2.31. The highest BCUT2D eigenvalue weighted by atomic mass is 16.5. The number of rotatable bonds is 6. The molecule has 0 radical (unpaired) electrons. The van der Waals surface area contributed by atoms with Crippen LogP contribution in [0.3, 0.4) is 0 Å². The van der Waals surface area contributed by atoms with E-state index in [4.69, 9.17) is 4.74 Å². The Hall–Kier alpha value is -1.02. The first-order valence-corrected chi connectivity index (χ1v) is 8.33. The van der Waals surface area contributed by atoms with Gasteiger partial charge in [0.2, 0.25) is 0 Å². The van der Waals surface area contributed by atoms with Crippen LogP contribution < -0.4 is 10.1 Å². The maximum absolute atomic E-state index is 5.86. The van der Waals surface area contributed by atoms with Crippen LogP contribution in [0.2, 0.25) is 0 Å². The fourth-order valence-corrected chi connectivity index (χ4v) is 3.54. The maximum Gasteiger partial charge on any atom is 0.122 e. The first-order chi connectivity index (χ1) is 9.88. The fourth-order valence-electron chi connectivity index (χ4n) is 3.54. The van der Waals surface area contributed by atoms with E-state index in [0.29, 0.717) is 5.92 Å². The second-order valence-electron chi connectivity index (χ2n) is 6.30. The SMILES string of the molecule is CCOc1ccccc1C1CCCCC1CNC1CC1. The second-order valence-corrected chi connectivity index (χ2v) is 6.30. The van der Waals surface area contributed by atoms with E-state index in [9.17, 15) is 0 Å². The molecule has 2 atom stereocenters. The van der Waals surface area contributed by atoms with Gasteiger partial charge >= 0.3 is 0 Å². The van der Waals surface area contributed by atoms with E-state index < -0.39 is 0 Å². The third kappa shape index (κ3) is 3.35. The molecule has 0 aliphatic heterocycles. The molecule has 110 valence electrons. The molecule has 0 spiro atoms. The van der Waals surface area contributed by atoms with Gasteiger partial charge in [0.25, 0.3) is 0 Å². The Morgan fingerprint density at radius 1 is 1.10 bits per heavy atom. The molecule has 1 aromatic rings. The zero-order chi connectivity index (χ0) is 13.8. The van der Waals surface area contributed by atoms with Gasteiger partial charge in [-0.2, -0.15) is 0 Å². The highest BCUT2D eigenvalue weighted by molar-refractivity contribution is 5.37. The molecule has 2 fully saturated rings. The average Bonchev–Trinajstić information content (AvgIpc) is 3.31. The molecule has 2 saturated carbocycles. The summed E-state index contributed by atoms with van der Waals surface area (Å²) in [6, 6.07) is 9.50. The van der Waals surface area contributed by atoms with Crippen LogP contribution in [-0.4, -0.2) is 19.2 Å². The van der Waals surface area contributed by atoms with Crippen molar-refractivity contribution in [2.45, 2.75) is 57.4 Å². The van der Waals surface area contributed by atoms with Crippen LogP contribution in [0.25, 0.3) is 0 Å². The number of ether oxygens (including phenoxy) is 1. The topological polar surface area (TPSA) is 21.3 Å². The lowest BCUT2D eigenvalue weighted by Gasteiger charge is -2.33. The molecule has 0 heterocycles. The third-order valence-electron chi connectivity index (χ3n) is 4.77. The van der Waals surface area contributed by atoms with Crippen LogP contribution in [0.1, 0.15) is 56.9 Å². The summed E-state index contributed by atoms with van der Waals surface area (Å²) in [5, 5.41) is 3.74. The van der Waals surface area contributed by atoms with Gasteiger partial charge in [0.1, 0.15) is 5.75 Å². The van der Waals surface area contributed by atoms with Gasteiger partial charge in [-0.05, 0) is 62.6 Å². The van der Waals surface area contributed by atoms with Crippen LogP contribution >= 0.6 is 0 Å². The molecule has 2 nitrogen and oxygen atoms in total. The Labute approximate surface area is 122 Å². The van der Waals surface area contributed by atoms with Gasteiger partial charge in [0, 0.05) is 6.04 Å². The molecule has 2 aliphatic carbocycles. The van der Waals surface area contributed by atoms with Gasteiger partial charge in [0.15, 0.2) is 0 Å². The summed E-state index contributed by atoms with van der Waals surface area (Å²) >= 11 is 0. The van der Waals surface area contributed by atoms with E-state index in [0.717, 1.165) is 24.3 Å². The minimum atomic E-state index is 0.678. The first-order valence-electron chi connectivity index (χ1n) is 8.33. The molecule has 2 unspecified atom stereocenters. The summed E-state index contributed by atoms with van der Waals surface area (Å²) in [5.41, 5.74) is 1.44. The Kier molecular flexibility index (Phi) is 4.62. The zero-order valence-electron chi connectivity index (χ0n) is 12.6. The van der Waals surface area contributed by atoms with Crippen molar-refractivity contribution in [1.82, 2.24) is 5.32 Å². The van der Waals surface area contributed by atoms with Gasteiger partial charge < -0.3 is 10.1 Å². The molecule has 1 aromatic carbocycles. The quantitative estimate of drug-likeness (QED) is 0.842. The van der Waals surface area contributed by atoms with Crippen molar-refractivity contribution in [2.24, 2.45) is 5.92 Å². The third-order valence-corrected chi connectivity index (χ3v) is 4.77. The number of nitrogens with one attached hydrogen (secondary N) is 1. The number of hydrogen-bond acceptors (Lipinski definition) is 2. The molecule has 2 aliphatic rings. The van der Waals surface area contributed by atoms with Crippen LogP contribution in [0.4, 0.5) is 0 Å². The molecule has 20 heavy (non-hydrogen) atoms. The van der Waals surface area contributed by atoms with E-state index in [2.05, 4.69) is 36.5 Å². The van der Waals surface area contributed by atoms with E-state index in [1.807, 2.05) is 0 Å². The van der Waals surface area contributed by atoms with Gasteiger partial charge in [-0.25, -0.2) is 0 Å². The van der Waals surface area contributed by atoms with Gasteiger partial charge in [-0.15, -0.1) is 0 Å². The Morgan fingerprint density at radius 2 is 1.90 bits per heavy atom. The zero-order valence-corrected chi connectivity index (χ0v) is 12.6. The Balaban J connectivity index is 1.73. The molecule has 3 rings (SSSR count). The molecule has 0 bridgehead atoms. The van der Waals surface area contributed by atoms with Crippen molar-refractivity contribution >= 4 is 0 Å². The van der Waals surface area contributed by atoms with Crippen LogP contribution in [-0.2, 0) is 0 Å². The molecular weight excluding hydrogens is 246 g/mol. The van der Waals surface area contributed by atoms with Gasteiger partial charge in [-0.3, -0.25) is 0 Å². The predicted molar refractivity (Wildman–Crippen MR) is 83.3 cm³/mol. The van der Waals surface area contributed by atoms with Crippen LogP contribution in [0.15, 0.2) is 24.3 Å². The van der Waals surface area contributed by atoms with Crippen molar-refractivity contribution < 1.29 is 4.74 Å². The largest absolute Gasteiger partial charge is 0.494 e. The maximum atomic E-state index is 5.86. The highest BCUT2D eigenvalue weighted by Crippen LogP contribution is 2.41. The summed E-state index contributed by atoms with van der Waals surface area (Å²) < 4.78 is 5.86. The van der Waals surface area contributed by atoms with Crippen molar-refractivity contribution in [2.75, 3.05) is 13.2 Å². The highest BCUT2D eigenvalue weighted by Gasteiger charge is 2.30. The summed E-state index contributed by atoms with van der Waals surface area (Å²) in [4.78, 5) is 0. The molecule has 0 saturated heterocycles. The summed E-state index contributed by atoms with van der Waals surface area (Å²) in [5.74, 6) is 2.57. The summed E-state index contributed by atoms with van der Waals surface area (Å²) in [6.45, 7) is 4.02. The number of para-hydroxylation sites is 1. The summed E-state index contributed by atoms with van der Waals surface area (Å²) in [6.07, 6.45) is 8.21. The minimum Gasteiger partial charge on any atom is -0.494 e. The smallest absolute Gasteiger partial charge is 0.122 e. The van der Waals surface area contributed by atoms with E-state index in [1.165, 1.54) is 50.6 Å². The fraction of sp³-hybridized carbons (Fsp3) is 0.667. The minimum absolute atomic E-state index is 0.678. The lowest BCUT2D eigenvalue weighted by molar-refractivity contribution is 0.279. The molecular formula is C18H27NO. The monoisotopic (exact) mass is 273 g/mol. The first kappa shape index (κ1) is 13.9. The second kappa shape index (κ2) is 6.62. The van der Waals surface area contributed by atoms with E-state index in [-0.39, 0.29) is 0 Å². The van der Waals surface area contributed by atoms with Crippen molar-refractivity contribution in [3.63, 3.8) is 0 Å². The Bertz CT molecular complexity index is 427. The molecule has 0 amide bonds. The lowest BCUT2D eigenvalue weighted by atomic mass is 9.75. The Morgan fingerprint density at radius 3 is 2.70 bits per heavy atom. The molecule has 1 N–H and O–H groups in total. The summed E-state index contributed by atoms with van der Waals surface area (Å²) in [7, 11) is 0. The number of benzene rings is 1. The number of hydrogen-bond donors (Lipinski definition) is 1. The van der Waals surface area contributed by atoms with E-state index >= 15 is 0 Å².